The molecule has 5 rings (SSSR count). The Kier molecular flexibility index (Phi) is 6.22. The lowest BCUT2D eigenvalue weighted by molar-refractivity contribution is 0.101. The van der Waals surface area contributed by atoms with E-state index in [0.717, 1.165) is 6.07 Å². The highest BCUT2D eigenvalue weighted by Crippen LogP contribution is 2.31. The molecule has 2 amide bonds. The third-order valence-corrected chi connectivity index (χ3v) is 5.68. The van der Waals surface area contributed by atoms with Gasteiger partial charge in [-0.05, 0) is 67.6 Å². The smallest absolute Gasteiger partial charge is 0.255 e. The van der Waals surface area contributed by atoms with Crippen molar-refractivity contribution in [3.8, 4) is 11.5 Å². The van der Waals surface area contributed by atoms with Crippen molar-refractivity contribution in [1.29, 1.82) is 0 Å². The van der Waals surface area contributed by atoms with Crippen LogP contribution >= 0.6 is 0 Å². The van der Waals surface area contributed by atoms with Gasteiger partial charge in [0.15, 0.2) is 11.5 Å². The molecular weight excluding hydrogens is 465 g/mol. The molecule has 0 fully saturated rings. The van der Waals surface area contributed by atoms with Gasteiger partial charge in [0.2, 0.25) is 0 Å². The molecule has 2 heterocycles. The monoisotopic (exact) mass is 487 g/mol. The minimum atomic E-state index is -0.706. The Hall–Kier alpha value is -4.50. The van der Waals surface area contributed by atoms with Crippen LogP contribution in [0.5, 0.6) is 11.5 Å². The molecule has 36 heavy (non-hydrogen) atoms. The number of nitrogens with zero attached hydrogens (tertiary/aromatic N) is 1. The molecule has 3 aromatic carbocycles. The molecule has 9 heteroatoms. The third-order valence-electron chi connectivity index (χ3n) is 5.68. The number of anilines is 2. The molecule has 0 saturated carbocycles. The van der Waals surface area contributed by atoms with Gasteiger partial charge in [0, 0.05) is 22.2 Å². The number of pyridine rings is 1. The zero-order valence-corrected chi connectivity index (χ0v) is 19.2. The van der Waals surface area contributed by atoms with E-state index in [1.54, 1.807) is 55.5 Å². The van der Waals surface area contributed by atoms with Crippen molar-refractivity contribution in [2.45, 2.75) is 13.0 Å². The predicted molar refractivity (Wildman–Crippen MR) is 132 cm³/mol. The number of aromatic nitrogens is 1. The molecule has 0 spiro atoms. The normalized spacial score (nSPS) is 13.2. The second-order valence-electron chi connectivity index (χ2n) is 8.28. The second-order valence-corrected chi connectivity index (χ2v) is 8.28. The fraction of sp³-hybridized carbons (Fsp3) is 0.148. The van der Waals surface area contributed by atoms with E-state index in [-0.39, 0.29) is 5.69 Å². The summed E-state index contributed by atoms with van der Waals surface area (Å²) in [6.07, 6.45) is -0.706. The number of carbonyl (C=O) groups is 2. The number of nitrogens with one attached hydrogen (secondary N) is 2. The zero-order valence-electron chi connectivity index (χ0n) is 19.2. The van der Waals surface area contributed by atoms with Crippen LogP contribution in [0.25, 0.3) is 10.9 Å². The molecule has 1 aliphatic rings. The van der Waals surface area contributed by atoms with Gasteiger partial charge in [-0.25, -0.2) is 4.39 Å². The van der Waals surface area contributed by atoms with Crippen molar-refractivity contribution in [2.24, 2.45) is 0 Å². The van der Waals surface area contributed by atoms with E-state index >= 15 is 0 Å². The average molecular weight is 487 g/mol. The van der Waals surface area contributed by atoms with Crippen molar-refractivity contribution in [1.82, 2.24) is 4.98 Å². The third kappa shape index (κ3) is 4.82. The van der Waals surface area contributed by atoms with E-state index in [1.165, 1.54) is 12.1 Å². The number of carbonyl (C=O) groups excluding carboxylic acids is 2. The maximum atomic E-state index is 14.5. The van der Waals surface area contributed by atoms with E-state index in [9.17, 15) is 19.1 Å². The Morgan fingerprint density at radius 1 is 0.889 bits per heavy atom. The molecule has 3 N–H and O–H groups in total. The fourth-order valence-electron chi connectivity index (χ4n) is 3.80. The Balaban J connectivity index is 1.32. The van der Waals surface area contributed by atoms with Crippen molar-refractivity contribution < 1.29 is 28.6 Å². The first kappa shape index (κ1) is 23.3. The van der Waals surface area contributed by atoms with Gasteiger partial charge in [-0.1, -0.05) is 6.07 Å². The summed E-state index contributed by atoms with van der Waals surface area (Å²) in [5.74, 6) is -0.545. The maximum Gasteiger partial charge on any atom is 0.255 e. The lowest BCUT2D eigenvalue weighted by atomic mass is 10.1. The van der Waals surface area contributed by atoms with E-state index in [0.29, 0.717) is 58.1 Å². The summed E-state index contributed by atoms with van der Waals surface area (Å²) in [5.41, 5.74) is 2.02. The number of ether oxygens (including phenoxy) is 2. The maximum absolute atomic E-state index is 14.5. The van der Waals surface area contributed by atoms with Gasteiger partial charge in [-0.3, -0.25) is 14.6 Å². The number of fused-ring (bicyclic) bond motifs is 2. The molecule has 0 aliphatic carbocycles. The van der Waals surface area contributed by atoms with Crippen LogP contribution in [0.2, 0.25) is 0 Å². The predicted octanol–water partition coefficient (Wildman–Crippen LogP) is 4.70. The van der Waals surface area contributed by atoms with Gasteiger partial charge in [0.05, 0.1) is 23.0 Å². The summed E-state index contributed by atoms with van der Waals surface area (Å²) in [7, 11) is 0. The molecule has 8 nitrogen and oxygen atoms in total. The van der Waals surface area contributed by atoms with E-state index < -0.39 is 23.7 Å². The number of aliphatic hydroxyl groups is 1. The molecule has 4 aromatic rings. The standard InChI is InChI=1S/C27H22FN3O5/c1-15(32)21-7-2-16-12-17(3-8-22(16)30-21)27(34)31-23-14-19(5-6-20(23)28)29-26(33)18-4-9-24-25(13-18)36-11-10-35-24/h2-9,12-15,32H,10-11H2,1H3,(H,29,33)(H,31,34). The highest BCUT2D eigenvalue weighted by molar-refractivity contribution is 6.07. The van der Waals surface area contributed by atoms with Crippen molar-refractivity contribution >= 4 is 34.1 Å². The van der Waals surface area contributed by atoms with E-state index in [2.05, 4.69) is 15.6 Å². The highest BCUT2D eigenvalue weighted by Gasteiger charge is 2.16. The number of hydrogen-bond donors (Lipinski definition) is 3. The van der Waals surface area contributed by atoms with Gasteiger partial charge in [-0.2, -0.15) is 0 Å². The molecule has 0 bridgehead atoms. The van der Waals surface area contributed by atoms with E-state index in [1.807, 2.05) is 0 Å². The average Bonchev–Trinajstić information content (AvgIpc) is 2.89. The largest absolute Gasteiger partial charge is 0.486 e. The van der Waals surface area contributed by atoms with Crippen molar-refractivity contribution in [3.05, 3.63) is 89.4 Å². The Morgan fingerprint density at radius 2 is 1.61 bits per heavy atom. The minimum Gasteiger partial charge on any atom is -0.486 e. The van der Waals surface area contributed by atoms with Crippen LogP contribution in [0.3, 0.4) is 0 Å². The zero-order chi connectivity index (χ0) is 25.2. The van der Waals surface area contributed by atoms with Crippen molar-refractivity contribution in [3.63, 3.8) is 0 Å². The molecule has 1 aromatic heterocycles. The van der Waals surface area contributed by atoms with Crippen LogP contribution < -0.4 is 20.1 Å². The van der Waals surface area contributed by atoms with Crippen molar-refractivity contribution in [2.75, 3.05) is 23.8 Å². The summed E-state index contributed by atoms with van der Waals surface area (Å²) in [4.78, 5) is 29.9. The molecular formula is C27H22FN3O5. The molecule has 182 valence electrons. The van der Waals surface area contributed by atoms with Crippen LogP contribution in [0.1, 0.15) is 39.4 Å². The number of hydrogen-bond acceptors (Lipinski definition) is 6. The van der Waals surface area contributed by atoms with Crippen LogP contribution in [-0.4, -0.2) is 35.1 Å². The lowest BCUT2D eigenvalue weighted by Gasteiger charge is -2.18. The first-order valence-corrected chi connectivity index (χ1v) is 11.3. The first-order chi connectivity index (χ1) is 17.4. The van der Waals surface area contributed by atoms with Gasteiger partial charge in [0.25, 0.3) is 11.8 Å². The van der Waals surface area contributed by atoms with Gasteiger partial charge >= 0.3 is 0 Å². The van der Waals surface area contributed by atoms with Crippen LogP contribution in [-0.2, 0) is 0 Å². The SMILES string of the molecule is CC(O)c1ccc2cc(C(=O)Nc3cc(NC(=O)c4ccc5c(c4)OCCO5)ccc3F)ccc2n1. The topological polar surface area (TPSA) is 110 Å². The summed E-state index contributed by atoms with van der Waals surface area (Å²) >= 11 is 0. The summed E-state index contributed by atoms with van der Waals surface area (Å²) < 4.78 is 25.5. The number of rotatable bonds is 5. The molecule has 1 unspecified atom stereocenters. The second kappa shape index (κ2) is 9.63. The lowest BCUT2D eigenvalue weighted by Crippen LogP contribution is -2.17. The number of amides is 2. The Morgan fingerprint density at radius 3 is 2.42 bits per heavy atom. The molecule has 0 saturated heterocycles. The molecule has 0 radical (unpaired) electrons. The number of benzene rings is 3. The first-order valence-electron chi connectivity index (χ1n) is 11.3. The molecule has 1 aliphatic heterocycles. The summed E-state index contributed by atoms with van der Waals surface area (Å²) in [5, 5.41) is 15.7. The van der Waals surface area contributed by atoms with Gasteiger partial charge < -0.3 is 25.2 Å². The Bertz CT molecular complexity index is 1490. The van der Waals surface area contributed by atoms with Crippen LogP contribution in [0.4, 0.5) is 15.8 Å². The number of halogens is 1. The summed E-state index contributed by atoms with van der Waals surface area (Å²) in [6.45, 7) is 2.47. The number of aliphatic hydroxyl groups excluding tert-OH is 1. The fourth-order valence-corrected chi connectivity index (χ4v) is 3.80. The highest BCUT2D eigenvalue weighted by atomic mass is 19.1. The Labute approximate surface area is 205 Å². The molecule has 1 atom stereocenters. The van der Waals surface area contributed by atoms with Crippen LogP contribution in [0.15, 0.2) is 66.7 Å². The van der Waals surface area contributed by atoms with E-state index in [4.69, 9.17) is 9.47 Å². The minimum absolute atomic E-state index is 0.0809. The quantitative estimate of drug-likeness (QED) is 0.376. The van der Waals surface area contributed by atoms with Gasteiger partial charge in [0.1, 0.15) is 19.0 Å². The van der Waals surface area contributed by atoms with Crippen LogP contribution in [0, 0.1) is 5.82 Å². The van der Waals surface area contributed by atoms with Gasteiger partial charge in [-0.15, -0.1) is 0 Å². The summed E-state index contributed by atoms with van der Waals surface area (Å²) in [6, 6.07) is 17.1.